The van der Waals surface area contributed by atoms with Gasteiger partial charge in [-0.2, -0.15) is 0 Å². The van der Waals surface area contributed by atoms with Gasteiger partial charge in [-0.15, -0.1) is 0 Å². The number of aromatic nitrogens is 1. The van der Waals surface area contributed by atoms with Gasteiger partial charge in [0, 0.05) is 44.1 Å². The molecule has 22 heavy (non-hydrogen) atoms. The molecule has 8 heteroatoms. The Labute approximate surface area is 130 Å². The zero-order valence-corrected chi connectivity index (χ0v) is 13.1. The molecular weight excluding hydrogens is 304 g/mol. The van der Waals surface area contributed by atoms with E-state index in [2.05, 4.69) is 14.8 Å². The lowest BCUT2D eigenvalue weighted by atomic mass is 10.1. The van der Waals surface area contributed by atoms with E-state index < -0.39 is 15.7 Å². The number of amides is 1. The molecule has 1 amide bonds. The Bertz CT molecular complexity index is 668. The minimum Gasteiger partial charge on any atom is -0.369 e. The van der Waals surface area contributed by atoms with Gasteiger partial charge in [0.05, 0.1) is 11.5 Å². The van der Waals surface area contributed by atoms with Gasteiger partial charge in [0.2, 0.25) is 0 Å². The van der Waals surface area contributed by atoms with Crippen molar-refractivity contribution in [3.8, 4) is 0 Å². The molecule has 1 aromatic heterocycles. The van der Waals surface area contributed by atoms with E-state index in [4.69, 9.17) is 5.73 Å². The SMILES string of the molecule is NC(=O)c1cc(N2CCN(C3CCS(=O)(=O)C3)CC2)ccn1. The van der Waals surface area contributed by atoms with Crippen molar-refractivity contribution in [3.63, 3.8) is 0 Å². The summed E-state index contributed by atoms with van der Waals surface area (Å²) in [7, 11) is -2.84. The number of pyridine rings is 1. The van der Waals surface area contributed by atoms with Crippen molar-refractivity contribution in [2.75, 3.05) is 42.6 Å². The van der Waals surface area contributed by atoms with Crippen LogP contribution in [0.4, 0.5) is 5.69 Å². The normalized spacial score (nSPS) is 25.3. The van der Waals surface area contributed by atoms with Crippen LogP contribution in [0, 0.1) is 0 Å². The van der Waals surface area contributed by atoms with E-state index >= 15 is 0 Å². The molecule has 7 nitrogen and oxygen atoms in total. The molecule has 2 saturated heterocycles. The molecule has 0 radical (unpaired) electrons. The van der Waals surface area contributed by atoms with Crippen LogP contribution in [0.1, 0.15) is 16.9 Å². The number of primary amides is 1. The standard InChI is InChI=1S/C14H20N4O3S/c15-14(19)13-9-11(1-3-16-13)17-4-6-18(7-5-17)12-2-8-22(20,21)10-12/h1,3,9,12H,2,4-8,10H2,(H2,15,19). The first-order valence-electron chi connectivity index (χ1n) is 7.40. The Hall–Kier alpha value is -1.67. The highest BCUT2D eigenvalue weighted by atomic mass is 32.2. The maximum Gasteiger partial charge on any atom is 0.267 e. The van der Waals surface area contributed by atoms with Gasteiger partial charge in [0.15, 0.2) is 9.84 Å². The van der Waals surface area contributed by atoms with E-state index in [0.29, 0.717) is 5.75 Å². The summed E-state index contributed by atoms with van der Waals surface area (Å²) in [6.07, 6.45) is 2.33. The van der Waals surface area contributed by atoms with Gasteiger partial charge < -0.3 is 10.6 Å². The molecule has 0 aliphatic carbocycles. The molecular formula is C14H20N4O3S. The first kappa shape index (κ1) is 15.2. The van der Waals surface area contributed by atoms with Crippen LogP contribution in [-0.4, -0.2) is 67.9 Å². The Morgan fingerprint density at radius 3 is 2.59 bits per heavy atom. The van der Waals surface area contributed by atoms with Crippen LogP contribution in [0.3, 0.4) is 0 Å². The molecule has 0 spiro atoms. The van der Waals surface area contributed by atoms with Gasteiger partial charge in [-0.1, -0.05) is 0 Å². The molecule has 1 unspecified atom stereocenters. The highest BCUT2D eigenvalue weighted by molar-refractivity contribution is 7.91. The fourth-order valence-corrected chi connectivity index (χ4v) is 4.92. The summed E-state index contributed by atoms with van der Waals surface area (Å²) in [5, 5.41) is 0. The number of nitrogens with zero attached hydrogens (tertiary/aromatic N) is 3. The van der Waals surface area contributed by atoms with Crippen molar-refractivity contribution in [3.05, 3.63) is 24.0 Å². The highest BCUT2D eigenvalue weighted by Gasteiger charge is 2.33. The molecule has 2 fully saturated rings. The molecule has 2 aliphatic heterocycles. The fraction of sp³-hybridized carbons (Fsp3) is 0.571. The minimum absolute atomic E-state index is 0.158. The van der Waals surface area contributed by atoms with Crippen molar-refractivity contribution >= 4 is 21.4 Å². The molecule has 3 heterocycles. The van der Waals surface area contributed by atoms with Gasteiger partial charge in [0.1, 0.15) is 5.69 Å². The number of nitrogens with two attached hydrogens (primary N) is 1. The average molecular weight is 324 g/mol. The van der Waals surface area contributed by atoms with Gasteiger partial charge in [-0.05, 0) is 18.6 Å². The Morgan fingerprint density at radius 1 is 1.27 bits per heavy atom. The van der Waals surface area contributed by atoms with Crippen molar-refractivity contribution < 1.29 is 13.2 Å². The van der Waals surface area contributed by atoms with Crippen molar-refractivity contribution in [2.45, 2.75) is 12.5 Å². The molecule has 1 aromatic rings. The highest BCUT2D eigenvalue weighted by Crippen LogP contribution is 2.22. The third-order valence-electron chi connectivity index (χ3n) is 4.40. The molecule has 3 rings (SSSR count). The number of carbonyl (C=O) groups is 1. The minimum atomic E-state index is -2.84. The third kappa shape index (κ3) is 3.22. The van der Waals surface area contributed by atoms with Crippen LogP contribution in [0.5, 0.6) is 0 Å². The first-order valence-corrected chi connectivity index (χ1v) is 9.22. The summed E-state index contributed by atoms with van der Waals surface area (Å²) in [4.78, 5) is 19.6. The van der Waals surface area contributed by atoms with E-state index in [-0.39, 0.29) is 17.5 Å². The zero-order valence-electron chi connectivity index (χ0n) is 12.3. The lowest BCUT2D eigenvalue weighted by Crippen LogP contribution is -2.50. The largest absolute Gasteiger partial charge is 0.369 e. The summed E-state index contributed by atoms with van der Waals surface area (Å²) in [5.41, 5.74) is 6.46. The third-order valence-corrected chi connectivity index (χ3v) is 6.15. The fourth-order valence-electron chi connectivity index (χ4n) is 3.16. The zero-order chi connectivity index (χ0) is 15.7. The topological polar surface area (TPSA) is 96.6 Å². The van der Waals surface area contributed by atoms with E-state index in [1.165, 1.54) is 0 Å². The van der Waals surface area contributed by atoms with Crippen LogP contribution >= 0.6 is 0 Å². The Kier molecular flexibility index (Phi) is 4.05. The monoisotopic (exact) mass is 324 g/mol. The molecule has 1 atom stereocenters. The van der Waals surface area contributed by atoms with Crippen LogP contribution < -0.4 is 10.6 Å². The average Bonchev–Trinajstić information content (AvgIpc) is 2.88. The molecule has 0 saturated carbocycles. The molecule has 2 aliphatic rings. The summed E-state index contributed by atoms with van der Waals surface area (Å²) in [5.74, 6) is 0.0646. The van der Waals surface area contributed by atoms with Crippen LogP contribution in [0.15, 0.2) is 18.3 Å². The second-order valence-corrected chi connectivity index (χ2v) is 8.07. The maximum atomic E-state index is 11.6. The summed E-state index contributed by atoms with van der Waals surface area (Å²) < 4.78 is 23.2. The predicted octanol–water partition coefficient (Wildman–Crippen LogP) is -0.510. The second kappa shape index (κ2) is 5.85. The van der Waals surface area contributed by atoms with E-state index in [9.17, 15) is 13.2 Å². The van der Waals surface area contributed by atoms with Gasteiger partial charge in [0.25, 0.3) is 5.91 Å². The number of sulfone groups is 1. The first-order chi connectivity index (χ1) is 10.4. The van der Waals surface area contributed by atoms with Crippen molar-refractivity contribution in [1.82, 2.24) is 9.88 Å². The predicted molar refractivity (Wildman–Crippen MR) is 83.6 cm³/mol. The quantitative estimate of drug-likeness (QED) is 0.804. The summed E-state index contributed by atoms with van der Waals surface area (Å²) in [6, 6.07) is 3.73. The van der Waals surface area contributed by atoms with Crippen LogP contribution in [0.25, 0.3) is 0 Å². The second-order valence-electron chi connectivity index (χ2n) is 5.84. The summed E-state index contributed by atoms with van der Waals surface area (Å²) in [6.45, 7) is 3.26. The van der Waals surface area contributed by atoms with E-state index in [0.717, 1.165) is 38.3 Å². The Balaban J connectivity index is 1.62. The molecule has 2 N–H and O–H groups in total. The van der Waals surface area contributed by atoms with Crippen LogP contribution in [0.2, 0.25) is 0 Å². The molecule has 0 bridgehead atoms. The van der Waals surface area contributed by atoms with Crippen molar-refractivity contribution in [1.29, 1.82) is 0 Å². The van der Waals surface area contributed by atoms with E-state index in [1.807, 2.05) is 6.07 Å². The number of hydrogen-bond donors (Lipinski definition) is 1. The molecule has 120 valence electrons. The molecule has 0 aromatic carbocycles. The van der Waals surface area contributed by atoms with Crippen molar-refractivity contribution in [2.24, 2.45) is 5.73 Å². The Morgan fingerprint density at radius 2 is 2.00 bits per heavy atom. The van der Waals surface area contributed by atoms with Gasteiger partial charge in [-0.3, -0.25) is 14.7 Å². The number of hydrogen-bond acceptors (Lipinski definition) is 6. The number of anilines is 1. The number of rotatable bonds is 3. The number of piperazine rings is 1. The smallest absolute Gasteiger partial charge is 0.267 e. The number of carbonyl (C=O) groups excluding carboxylic acids is 1. The summed E-state index contributed by atoms with van der Waals surface area (Å²) >= 11 is 0. The van der Waals surface area contributed by atoms with Crippen LogP contribution in [-0.2, 0) is 9.84 Å². The lowest BCUT2D eigenvalue weighted by molar-refractivity contribution is 0.0995. The maximum absolute atomic E-state index is 11.6. The van der Waals surface area contributed by atoms with Gasteiger partial charge in [-0.25, -0.2) is 8.42 Å². The van der Waals surface area contributed by atoms with Gasteiger partial charge >= 0.3 is 0 Å². The lowest BCUT2D eigenvalue weighted by Gasteiger charge is -2.38. The van der Waals surface area contributed by atoms with E-state index in [1.54, 1.807) is 12.3 Å².